The molecule has 0 bridgehead atoms. The van der Waals surface area contributed by atoms with Crippen molar-refractivity contribution in [1.82, 2.24) is 0 Å². The number of allylic oxidation sites excluding steroid dienone is 3. The molecule has 3 heteroatoms. The highest BCUT2D eigenvalue weighted by Crippen LogP contribution is 2.25. The molecule has 3 nitrogen and oxygen atoms in total. The lowest BCUT2D eigenvalue weighted by molar-refractivity contribution is 1.28. The van der Waals surface area contributed by atoms with Crippen LogP contribution in [0, 0.1) is 0 Å². The number of hydrogen-bond acceptors (Lipinski definition) is 3. The number of hydrogen-bond donors (Lipinski definition) is 3. The lowest BCUT2D eigenvalue weighted by Crippen LogP contribution is -2.12. The molecule has 0 saturated heterocycles. The maximum Gasteiger partial charge on any atom is 0.0648 e. The minimum Gasteiger partial charge on any atom is -0.397 e. The molecular formula is C17H21N3. The SMILES string of the molecule is C=CNc1ccccc1/C(N)=C(N)\C(C=C)=C(/C)C=C. The first-order chi connectivity index (χ1) is 9.56. The van der Waals surface area contributed by atoms with Crippen molar-refractivity contribution < 1.29 is 0 Å². The molecule has 0 aliphatic carbocycles. The summed E-state index contributed by atoms with van der Waals surface area (Å²) >= 11 is 0. The normalized spacial score (nSPS) is 12.8. The van der Waals surface area contributed by atoms with Gasteiger partial charge in [0.1, 0.15) is 0 Å². The summed E-state index contributed by atoms with van der Waals surface area (Å²) in [5.74, 6) is 0. The topological polar surface area (TPSA) is 64.1 Å². The zero-order chi connectivity index (χ0) is 15.1. The maximum absolute atomic E-state index is 6.20. The Kier molecular flexibility index (Phi) is 5.42. The predicted molar refractivity (Wildman–Crippen MR) is 88.7 cm³/mol. The van der Waals surface area contributed by atoms with Gasteiger partial charge >= 0.3 is 0 Å². The van der Waals surface area contributed by atoms with Gasteiger partial charge < -0.3 is 16.8 Å². The Morgan fingerprint density at radius 2 is 1.75 bits per heavy atom. The van der Waals surface area contributed by atoms with Gasteiger partial charge in [-0.2, -0.15) is 0 Å². The zero-order valence-electron chi connectivity index (χ0n) is 11.8. The molecule has 0 spiro atoms. The van der Waals surface area contributed by atoms with Gasteiger partial charge in [-0.25, -0.2) is 0 Å². The molecule has 0 heterocycles. The number of rotatable bonds is 6. The van der Waals surface area contributed by atoms with Crippen LogP contribution in [0.4, 0.5) is 5.69 Å². The summed E-state index contributed by atoms with van der Waals surface area (Å²) < 4.78 is 0. The molecule has 0 aromatic heterocycles. The molecule has 0 aliphatic rings. The minimum atomic E-state index is 0.482. The molecule has 0 radical (unpaired) electrons. The third kappa shape index (κ3) is 3.20. The highest BCUT2D eigenvalue weighted by atomic mass is 14.8. The fourth-order valence-electron chi connectivity index (χ4n) is 1.84. The first-order valence-corrected chi connectivity index (χ1v) is 6.25. The van der Waals surface area contributed by atoms with Gasteiger partial charge in [0.05, 0.1) is 11.4 Å². The first kappa shape index (κ1) is 15.4. The van der Waals surface area contributed by atoms with Gasteiger partial charge in [-0.1, -0.05) is 50.1 Å². The van der Waals surface area contributed by atoms with Crippen LogP contribution in [0.3, 0.4) is 0 Å². The molecule has 0 amide bonds. The standard InChI is InChI=1S/C17H21N3/c1-5-12(4)13(6-2)16(18)17(19)14-10-8-9-11-15(14)20-7-3/h5-11,20H,1-3,18-19H2,4H3/b13-12+,17-16-. The van der Waals surface area contributed by atoms with Crippen molar-refractivity contribution in [2.24, 2.45) is 11.5 Å². The van der Waals surface area contributed by atoms with Gasteiger partial charge in [0.15, 0.2) is 0 Å². The summed E-state index contributed by atoms with van der Waals surface area (Å²) in [5, 5.41) is 3.04. The van der Waals surface area contributed by atoms with E-state index < -0.39 is 0 Å². The Morgan fingerprint density at radius 1 is 1.10 bits per heavy atom. The highest BCUT2D eigenvalue weighted by molar-refractivity contribution is 5.79. The second-order valence-corrected chi connectivity index (χ2v) is 4.23. The summed E-state index contributed by atoms with van der Waals surface area (Å²) in [5.41, 5.74) is 16.7. The summed E-state index contributed by atoms with van der Waals surface area (Å²) in [6.07, 6.45) is 5.01. The first-order valence-electron chi connectivity index (χ1n) is 6.25. The Morgan fingerprint density at radius 3 is 2.30 bits per heavy atom. The molecule has 0 saturated carbocycles. The van der Waals surface area contributed by atoms with Gasteiger partial charge in [-0.15, -0.1) is 0 Å². The Labute approximate surface area is 120 Å². The third-order valence-corrected chi connectivity index (χ3v) is 2.99. The molecule has 0 fully saturated rings. The molecule has 1 rings (SSSR count). The molecular weight excluding hydrogens is 246 g/mol. The van der Waals surface area contributed by atoms with Crippen LogP contribution >= 0.6 is 0 Å². The summed E-state index contributed by atoms with van der Waals surface area (Å²) in [6.45, 7) is 13.1. The van der Waals surface area contributed by atoms with Crippen LogP contribution in [0.1, 0.15) is 12.5 Å². The fraction of sp³-hybridized carbons (Fsp3) is 0.0588. The Balaban J connectivity index is 3.45. The summed E-state index contributed by atoms with van der Waals surface area (Å²) in [6, 6.07) is 7.63. The molecule has 104 valence electrons. The summed E-state index contributed by atoms with van der Waals surface area (Å²) in [4.78, 5) is 0. The van der Waals surface area contributed by atoms with Crippen LogP contribution in [0.25, 0.3) is 5.70 Å². The van der Waals surface area contributed by atoms with Crippen molar-refractivity contribution in [3.63, 3.8) is 0 Å². The van der Waals surface area contributed by atoms with Crippen LogP contribution in [0.5, 0.6) is 0 Å². The van der Waals surface area contributed by atoms with Gasteiger partial charge in [0, 0.05) is 16.8 Å². The van der Waals surface area contributed by atoms with Crippen LogP contribution in [0.2, 0.25) is 0 Å². The largest absolute Gasteiger partial charge is 0.397 e. The van der Waals surface area contributed by atoms with E-state index in [9.17, 15) is 0 Å². The lowest BCUT2D eigenvalue weighted by atomic mass is 10.0. The molecule has 1 aromatic carbocycles. The number of anilines is 1. The van der Waals surface area contributed by atoms with E-state index in [1.54, 1.807) is 18.4 Å². The smallest absolute Gasteiger partial charge is 0.0648 e. The second kappa shape index (κ2) is 7.04. The fourth-order valence-corrected chi connectivity index (χ4v) is 1.84. The Bertz CT molecular complexity index is 592. The lowest BCUT2D eigenvalue weighted by Gasteiger charge is -2.14. The average molecular weight is 267 g/mol. The van der Waals surface area contributed by atoms with Crippen LogP contribution in [-0.2, 0) is 0 Å². The number of nitrogens with two attached hydrogens (primary N) is 2. The van der Waals surface area contributed by atoms with Crippen LogP contribution in [-0.4, -0.2) is 0 Å². The zero-order valence-corrected chi connectivity index (χ0v) is 11.8. The predicted octanol–water partition coefficient (Wildman–Crippen LogP) is 3.52. The second-order valence-electron chi connectivity index (χ2n) is 4.23. The quantitative estimate of drug-likeness (QED) is 0.691. The Hall–Kier alpha value is -2.68. The molecule has 0 aliphatic heterocycles. The molecule has 1 aromatic rings. The third-order valence-electron chi connectivity index (χ3n) is 2.99. The van der Waals surface area contributed by atoms with Crippen molar-refractivity contribution in [3.05, 3.63) is 84.8 Å². The van der Waals surface area contributed by atoms with E-state index in [2.05, 4.69) is 25.1 Å². The highest BCUT2D eigenvalue weighted by Gasteiger charge is 2.10. The van der Waals surface area contributed by atoms with E-state index in [1.807, 2.05) is 31.2 Å². The van der Waals surface area contributed by atoms with Gasteiger partial charge in [-0.05, 0) is 24.8 Å². The molecule has 20 heavy (non-hydrogen) atoms. The van der Waals surface area contributed by atoms with E-state index in [-0.39, 0.29) is 0 Å². The number of para-hydroxylation sites is 1. The van der Waals surface area contributed by atoms with Gasteiger partial charge in [-0.3, -0.25) is 0 Å². The van der Waals surface area contributed by atoms with E-state index in [0.29, 0.717) is 11.4 Å². The van der Waals surface area contributed by atoms with Crippen molar-refractivity contribution in [3.8, 4) is 0 Å². The van der Waals surface area contributed by atoms with Crippen molar-refractivity contribution in [2.45, 2.75) is 6.92 Å². The van der Waals surface area contributed by atoms with Crippen molar-refractivity contribution >= 4 is 11.4 Å². The maximum atomic E-state index is 6.20. The average Bonchev–Trinajstić information content (AvgIpc) is 2.47. The number of benzene rings is 1. The molecule has 5 N–H and O–H groups in total. The monoisotopic (exact) mass is 267 g/mol. The van der Waals surface area contributed by atoms with Gasteiger partial charge in [0.2, 0.25) is 0 Å². The van der Waals surface area contributed by atoms with Crippen LogP contribution < -0.4 is 16.8 Å². The summed E-state index contributed by atoms with van der Waals surface area (Å²) in [7, 11) is 0. The van der Waals surface area contributed by atoms with Crippen molar-refractivity contribution in [2.75, 3.05) is 5.32 Å². The molecule has 0 unspecified atom stereocenters. The van der Waals surface area contributed by atoms with Gasteiger partial charge in [0.25, 0.3) is 0 Å². The molecule has 0 atom stereocenters. The van der Waals surface area contributed by atoms with E-state index in [1.165, 1.54) is 0 Å². The van der Waals surface area contributed by atoms with E-state index in [4.69, 9.17) is 11.5 Å². The van der Waals surface area contributed by atoms with E-state index in [0.717, 1.165) is 22.4 Å². The number of nitrogens with one attached hydrogen (secondary N) is 1. The minimum absolute atomic E-state index is 0.482. The van der Waals surface area contributed by atoms with Crippen molar-refractivity contribution in [1.29, 1.82) is 0 Å². The van der Waals surface area contributed by atoms with Crippen LogP contribution in [0.15, 0.2) is 79.2 Å². The van der Waals surface area contributed by atoms with E-state index >= 15 is 0 Å².